The highest BCUT2D eigenvalue weighted by atomic mass is 16.5. The fourth-order valence-corrected chi connectivity index (χ4v) is 4.23. The Kier molecular flexibility index (Phi) is 7.11. The molecule has 1 aromatic heterocycles. The predicted octanol–water partition coefficient (Wildman–Crippen LogP) is 6.69. The van der Waals surface area contributed by atoms with E-state index in [9.17, 15) is 0 Å². The molecule has 1 heterocycles. The summed E-state index contributed by atoms with van der Waals surface area (Å²) < 4.78 is 5.46. The Hall–Kier alpha value is -1.83. The minimum atomic E-state index is 0.677. The van der Waals surface area contributed by atoms with E-state index in [1.165, 1.54) is 62.5 Å². The molecular formula is C24H33NO. The van der Waals surface area contributed by atoms with Gasteiger partial charge in [-0.05, 0) is 49.3 Å². The summed E-state index contributed by atoms with van der Waals surface area (Å²) in [7, 11) is 0. The lowest BCUT2D eigenvalue weighted by atomic mass is 9.78. The van der Waals surface area contributed by atoms with Crippen LogP contribution in [0.4, 0.5) is 0 Å². The van der Waals surface area contributed by atoms with Crippen LogP contribution in [0.25, 0.3) is 11.3 Å². The molecule has 1 aromatic carbocycles. The molecule has 3 rings (SSSR count). The largest absolute Gasteiger partial charge is 0.492 e. The van der Waals surface area contributed by atoms with E-state index in [-0.39, 0.29) is 0 Å². The van der Waals surface area contributed by atoms with Crippen molar-refractivity contribution in [1.29, 1.82) is 0 Å². The molecule has 0 radical (unpaired) electrons. The Bertz CT molecular complexity index is 639. The monoisotopic (exact) mass is 351 g/mol. The minimum Gasteiger partial charge on any atom is -0.492 e. The van der Waals surface area contributed by atoms with Crippen LogP contribution in [0.2, 0.25) is 0 Å². The van der Waals surface area contributed by atoms with E-state index >= 15 is 0 Å². The predicted molar refractivity (Wildman–Crippen MR) is 110 cm³/mol. The molecule has 2 heteroatoms. The third-order valence-corrected chi connectivity index (χ3v) is 5.80. The molecule has 1 fully saturated rings. The maximum Gasteiger partial charge on any atom is 0.137 e. The Labute approximate surface area is 159 Å². The summed E-state index contributed by atoms with van der Waals surface area (Å²) in [5.41, 5.74) is 3.64. The van der Waals surface area contributed by atoms with Crippen LogP contribution < -0.4 is 4.74 Å². The minimum absolute atomic E-state index is 0.677. The number of aromatic nitrogens is 1. The summed E-state index contributed by atoms with van der Waals surface area (Å²) in [5, 5.41) is 0. The summed E-state index contributed by atoms with van der Waals surface area (Å²) in [4.78, 5) is 4.51. The molecular weight excluding hydrogens is 318 g/mol. The zero-order valence-corrected chi connectivity index (χ0v) is 16.4. The number of benzene rings is 1. The Morgan fingerprint density at radius 1 is 0.885 bits per heavy atom. The number of nitrogens with zero attached hydrogens (tertiary/aromatic N) is 1. The molecule has 0 bridgehead atoms. The highest BCUT2D eigenvalue weighted by Gasteiger charge is 2.20. The van der Waals surface area contributed by atoms with Crippen LogP contribution in [-0.4, -0.2) is 11.6 Å². The third-order valence-electron chi connectivity index (χ3n) is 5.80. The highest BCUT2D eigenvalue weighted by Crippen LogP contribution is 2.34. The summed E-state index contributed by atoms with van der Waals surface area (Å²) >= 11 is 0. The van der Waals surface area contributed by atoms with Crippen LogP contribution in [0, 0.1) is 11.8 Å². The van der Waals surface area contributed by atoms with E-state index in [0.717, 1.165) is 23.3 Å². The first-order chi connectivity index (χ1) is 12.8. The summed E-state index contributed by atoms with van der Waals surface area (Å²) in [5.74, 6) is 2.79. The van der Waals surface area contributed by atoms with E-state index in [1.54, 1.807) is 0 Å². The van der Waals surface area contributed by atoms with Crippen molar-refractivity contribution < 1.29 is 4.74 Å². The van der Waals surface area contributed by atoms with Gasteiger partial charge >= 0.3 is 0 Å². The summed E-state index contributed by atoms with van der Waals surface area (Å²) in [6, 6.07) is 13.0. The zero-order chi connectivity index (χ0) is 18.2. The lowest BCUT2D eigenvalue weighted by molar-refractivity contribution is 0.252. The number of aryl methyl sites for hydroxylation is 1. The molecule has 1 aliphatic carbocycles. The van der Waals surface area contributed by atoms with Gasteiger partial charge in [0, 0.05) is 5.56 Å². The fraction of sp³-hybridized carbons (Fsp3) is 0.542. The molecule has 2 aromatic rings. The van der Waals surface area contributed by atoms with Gasteiger partial charge in [0.25, 0.3) is 0 Å². The van der Waals surface area contributed by atoms with E-state index < -0.39 is 0 Å². The smallest absolute Gasteiger partial charge is 0.137 e. The van der Waals surface area contributed by atoms with Crippen molar-refractivity contribution in [2.75, 3.05) is 6.61 Å². The fourth-order valence-electron chi connectivity index (χ4n) is 4.23. The van der Waals surface area contributed by atoms with Crippen molar-refractivity contribution in [3.63, 3.8) is 0 Å². The molecule has 0 N–H and O–H groups in total. The van der Waals surface area contributed by atoms with Crippen molar-refractivity contribution >= 4 is 0 Å². The van der Waals surface area contributed by atoms with Crippen molar-refractivity contribution in [3.05, 3.63) is 48.2 Å². The lowest BCUT2D eigenvalue weighted by Gasteiger charge is -2.28. The number of rotatable bonds is 8. The van der Waals surface area contributed by atoms with Gasteiger partial charge in [0.2, 0.25) is 0 Å². The lowest BCUT2D eigenvalue weighted by Crippen LogP contribution is -2.15. The molecule has 140 valence electrons. The maximum atomic E-state index is 5.46. The number of hydrogen-bond acceptors (Lipinski definition) is 2. The average molecular weight is 352 g/mol. The van der Waals surface area contributed by atoms with Crippen molar-refractivity contribution in [2.45, 2.75) is 65.2 Å². The van der Waals surface area contributed by atoms with Crippen molar-refractivity contribution in [1.82, 2.24) is 4.98 Å². The van der Waals surface area contributed by atoms with Gasteiger partial charge < -0.3 is 4.74 Å². The van der Waals surface area contributed by atoms with E-state index in [0.29, 0.717) is 6.61 Å². The van der Waals surface area contributed by atoms with Crippen LogP contribution in [0.15, 0.2) is 42.6 Å². The number of hydrogen-bond donors (Lipinski definition) is 0. The molecule has 0 unspecified atom stereocenters. The normalized spacial score (nSPS) is 20.1. The van der Waals surface area contributed by atoms with E-state index in [1.807, 2.05) is 25.3 Å². The molecule has 0 atom stereocenters. The summed E-state index contributed by atoms with van der Waals surface area (Å²) in [6.45, 7) is 4.98. The van der Waals surface area contributed by atoms with Crippen LogP contribution in [0.1, 0.15) is 64.4 Å². The molecule has 0 aliphatic heterocycles. The first kappa shape index (κ1) is 18.9. The Balaban J connectivity index is 1.49. The van der Waals surface area contributed by atoms with Crippen molar-refractivity contribution in [3.8, 4) is 17.0 Å². The number of ether oxygens (including phenoxy) is 1. The quantitative estimate of drug-likeness (QED) is 0.529. The van der Waals surface area contributed by atoms with Gasteiger partial charge in [0.15, 0.2) is 0 Å². The molecule has 26 heavy (non-hydrogen) atoms. The SMILES string of the molecule is CCC[C@H]1CC[C@H](CCc2ccc(-c3ccc(OCC)cn3)cc2)CC1. The van der Waals surface area contributed by atoms with Gasteiger partial charge in [-0.3, -0.25) is 4.98 Å². The zero-order valence-electron chi connectivity index (χ0n) is 16.4. The maximum absolute atomic E-state index is 5.46. The standard InChI is InChI=1S/C24H33NO/c1-3-5-19-6-8-20(9-7-19)10-11-21-12-14-22(15-13-21)24-17-16-23(18-25-24)26-4-2/h12-20H,3-11H2,1-2H3/t19-,20-. The Morgan fingerprint density at radius 3 is 2.15 bits per heavy atom. The molecule has 2 nitrogen and oxygen atoms in total. The summed E-state index contributed by atoms with van der Waals surface area (Å²) in [6.07, 6.45) is 13.0. The first-order valence-electron chi connectivity index (χ1n) is 10.5. The van der Waals surface area contributed by atoms with Crippen LogP contribution in [0.5, 0.6) is 5.75 Å². The van der Waals surface area contributed by atoms with Crippen LogP contribution in [-0.2, 0) is 6.42 Å². The Morgan fingerprint density at radius 2 is 1.58 bits per heavy atom. The molecule has 1 saturated carbocycles. The van der Waals surface area contributed by atoms with Crippen molar-refractivity contribution in [2.24, 2.45) is 11.8 Å². The van der Waals surface area contributed by atoms with Gasteiger partial charge in [-0.25, -0.2) is 0 Å². The van der Waals surface area contributed by atoms with E-state index in [4.69, 9.17) is 4.74 Å². The van der Waals surface area contributed by atoms with Gasteiger partial charge in [-0.2, -0.15) is 0 Å². The van der Waals surface area contributed by atoms with Crippen LogP contribution in [0.3, 0.4) is 0 Å². The average Bonchev–Trinajstić information content (AvgIpc) is 2.69. The second-order valence-electron chi connectivity index (χ2n) is 7.72. The topological polar surface area (TPSA) is 22.1 Å². The van der Waals surface area contributed by atoms with E-state index in [2.05, 4.69) is 36.2 Å². The molecule has 1 aliphatic rings. The molecule has 0 spiro atoms. The van der Waals surface area contributed by atoms with Crippen LogP contribution >= 0.6 is 0 Å². The van der Waals surface area contributed by atoms with Gasteiger partial charge in [0.1, 0.15) is 5.75 Å². The van der Waals surface area contributed by atoms with Gasteiger partial charge in [-0.1, -0.05) is 69.7 Å². The second-order valence-corrected chi connectivity index (χ2v) is 7.72. The van der Waals surface area contributed by atoms with Gasteiger partial charge in [-0.15, -0.1) is 0 Å². The first-order valence-corrected chi connectivity index (χ1v) is 10.5. The van der Waals surface area contributed by atoms with Gasteiger partial charge in [0.05, 0.1) is 18.5 Å². The molecule has 0 amide bonds. The molecule has 0 saturated heterocycles. The number of pyridine rings is 1. The second kappa shape index (κ2) is 9.75. The third kappa shape index (κ3) is 5.33. The highest BCUT2D eigenvalue weighted by molar-refractivity contribution is 5.59.